The molecule has 34 heavy (non-hydrogen) atoms. The van der Waals surface area contributed by atoms with Crippen LogP contribution in [-0.2, 0) is 14.9 Å². The summed E-state index contributed by atoms with van der Waals surface area (Å²) < 4.78 is 35.6. The number of benzene rings is 3. The van der Waals surface area contributed by atoms with Crippen molar-refractivity contribution >= 4 is 33.5 Å². The lowest BCUT2D eigenvalue weighted by molar-refractivity contribution is -0.387. The lowest BCUT2D eigenvalue weighted by Gasteiger charge is -2.12. The number of amides is 1. The SMILES string of the molecule is COc1cc(/C=C(\C#N)C(=O)Nc2ccccc2)ccc1OS(=O)(=O)c1ccccc1[N+](=O)[O-]. The molecule has 0 aliphatic rings. The zero-order valence-corrected chi connectivity index (χ0v) is 18.5. The summed E-state index contributed by atoms with van der Waals surface area (Å²) in [6, 6.07) is 19.2. The molecule has 0 saturated carbocycles. The molecular formula is C23H17N3O7S. The number of para-hydroxylation sites is 2. The van der Waals surface area contributed by atoms with E-state index in [1.165, 1.54) is 43.5 Å². The normalized spacial score (nSPS) is 11.2. The maximum absolute atomic E-state index is 12.7. The Balaban J connectivity index is 1.89. The van der Waals surface area contributed by atoms with E-state index in [2.05, 4.69) is 5.32 Å². The van der Waals surface area contributed by atoms with Gasteiger partial charge in [0, 0.05) is 11.8 Å². The predicted octanol–water partition coefficient (Wildman–Crippen LogP) is 3.92. The van der Waals surface area contributed by atoms with Crippen molar-refractivity contribution in [2.24, 2.45) is 0 Å². The highest BCUT2D eigenvalue weighted by molar-refractivity contribution is 7.87. The van der Waals surface area contributed by atoms with Crippen LogP contribution in [-0.4, -0.2) is 26.4 Å². The highest BCUT2D eigenvalue weighted by Crippen LogP contribution is 2.33. The van der Waals surface area contributed by atoms with Gasteiger partial charge in [-0.1, -0.05) is 36.4 Å². The van der Waals surface area contributed by atoms with Crippen LogP contribution in [0, 0.1) is 21.4 Å². The first-order valence-electron chi connectivity index (χ1n) is 9.59. The van der Waals surface area contributed by atoms with E-state index in [1.807, 2.05) is 6.07 Å². The lowest BCUT2D eigenvalue weighted by Crippen LogP contribution is -2.13. The maximum Gasteiger partial charge on any atom is 0.346 e. The number of anilines is 1. The van der Waals surface area contributed by atoms with Crippen LogP contribution in [0.2, 0.25) is 0 Å². The molecule has 0 spiro atoms. The van der Waals surface area contributed by atoms with Crippen LogP contribution >= 0.6 is 0 Å². The largest absolute Gasteiger partial charge is 0.493 e. The average Bonchev–Trinajstić information content (AvgIpc) is 2.83. The molecule has 0 fully saturated rings. The number of hydrogen-bond donors (Lipinski definition) is 1. The van der Waals surface area contributed by atoms with Crippen molar-refractivity contribution in [3.8, 4) is 17.6 Å². The number of nitro groups is 1. The molecule has 0 unspecified atom stereocenters. The van der Waals surface area contributed by atoms with E-state index >= 15 is 0 Å². The highest BCUT2D eigenvalue weighted by atomic mass is 32.2. The van der Waals surface area contributed by atoms with Crippen molar-refractivity contribution < 1.29 is 27.1 Å². The summed E-state index contributed by atoms with van der Waals surface area (Å²) in [6.45, 7) is 0. The molecule has 0 bridgehead atoms. The zero-order chi connectivity index (χ0) is 24.7. The van der Waals surface area contributed by atoms with E-state index in [0.717, 1.165) is 12.1 Å². The van der Waals surface area contributed by atoms with Crippen molar-refractivity contribution in [1.29, 1.82) is 5.26 Å². The first-order valence-corrected chi connectivity index (χ1v) is 11.0. The van der Waals surface area contributed by atoms with E-state index in [9.17, 15) is 28.6 Å². The molecule has 1 amide bonds. The number of ether oxygens (including phenoxy) is 1. The number of carbonyl (C=O) groups excluding carboxylic acids is 1. The number of nitrogens with zero attached hydrogens (tertiary/aromatic N) is 2. The molecule has 172 valence electrons. The molecule has 3 aromatic rings. The fourth-order valence-electron chi connectivity index (χ4n) is 2.86. The van der Waals surface area contributed by atoms with Crippen LogP contribution in [0.25, 0.3) is 6.08 Å². The van der Waals surface area contributed by atoms with Gasteiger partial charge in [-0.25, -0.2) is 0 Å². The first-order chi connectivity index (χ1) is 16.2. The van der Waals surface area contributed by atoms with Gasteiger partial charge in [0.15, 0.2) is 16.4 Å². The standard InChI is InChI=1S/C23H17N3O7S/c1-32-21-14-16(13-17(15-24)23(27)25-18-7-3-2-4-8-18)11-12-20(21)33-34(30,31)22-10-6-5-9-19(22)26(28)29/h2-14H,1H3,(H,25,27)/b17-13+. The van der Waals surface area contributed by atoms with E-state index in [1.54, 1.807) is 30.3 Å². The first kappa shape index (κ1) is 24.0. The number of methoxy groups -OCH3 is 1. The summed E-state index contributed by atoms with van der Waals surface area (Å²) in [5, 5.41) is 23.2. The molecule has 0 atom stereocenters. The van der Waals surface area contributed by atoms with Gasteiger partial charge < -0.3 is 14.2 Å². The molecule has 0 aromatic heterocycles. The van der Waals surface area contributed by atoms with Gasteiger partial charge in [-0.05, 0) is 42.0 Å². The van der Waals surface area contributed by atoms with Gasteiger partial charge in [-0.2, -0.15) is 13.7 Å². The minimum atomic E-state index is -4.56. The van der Waals surface area contributed by atoms with Gasteiger partial charge in [0.05, 0.1) is 12.0 Å². The van der Waals surface area contributed by atoms with Crippen LogP contribution in [0.1, 0.15) is 5.56 Å². The Hall–Kier alpha value is -4.69. The van der Waals surface area contributed by atoms with Crippen LogP contribution in [0.15, 0.2) is 83.3 Å². The van der Waals surface area contributed by atoms with Crippen molar-refractivity contribution in [3.63, 3.8) is 0 Å². The molecule has 10 nitrogen and oxygen atoms in total. The summed E-state index contributed by atoms with van der Waals surface area (Å²) >= 11 is 0. The topological polar surface area (TPSA) is 149 Å². The van der Waals surface area contributed by atoms with Crippen molar-refractivity contribution in [2.45, 2.75) is 4.90 Å². The average molecular weight is 479 g/mol. The molecule has 1 N–H and O–H groups in total. The third-order valence-electron chi connectivity index (χ3n) is 4.43. The second-order valence-electron chi connectivity index (χ2n) is 6.66. The van der Waals surface area contributed by atoms with E-state index in [-0.39, 0.29) is 17.1 Å². The second-order valence-corrected chi connectivity index (χ2v) is 8.18. The Labute approximate surface area is 194 Å². The third kappa shape index (κ3) is 5.56. The Morgan fingerprint density at radius 1 is 1.06 bits per heavy atom. The van der Waals surface area contributed by atoms with E-state index < -0.39 is 31.5 Å². The Kier molecular flexibility index (Phi) is 7.25. The fraction of sp³-hybridized carbons (Fsp3) is 0.0435. The Morgan fingerprint density at radius 3 is 2.38 bits per heavy atom. The molecule has 11 heteroatoms. The number of nitriles is 1. The minimum absolute atomic E-state index is 0.0309. The van der Waals surface area contributed by atoms with Crippen LogP contribution in [0.4, 0.5) is 11.4 Å². The second kappa shape index (κ2) is 10.3. The minimum Gasteiger partial charge on any atom is -0.493 e. The highest BCUT2D eigenvalue weighted by Gasteiger charge is 2.28. The van der Waals surface area contributed by atoms with Crippen LogP contribution in [0.5, 0.6) is 11.5 Å². The van der Waals surface area contributed by atoms with Crippen LogP contribution in [0.3, 0.4) is 0 Å². The molecule has 3 rings (SSSR count). The monoisotopic (exact) mass is 479 g/mol. The summed E-state index contributed by atoms with van der Waals surface area (Å²) in [4.78, 5) is 22.2. The summed E-state index contributed by atoms with van der Waals surface area (Å²) in [6.07, 6.45) is 1.29. The number of rotatable bonds is 8. The quantitative estimate of drug-likeness (QED) is 0.168. The molecule has 0 heterocycles. The summed E-state index contributed by atoms with van der Waals surface area (Å²) in [5.41, 5.74) is 0.0264. The number of carbonyl (C=O) groups is 1. The van der Waals surface area contributed by atoms with Crippen LogP contribution < -0.4 is 14.2 Å². The number of hydrogen-bond acceptors (Lipinski definition) is 8. The van der Waals surface area contributed by atoms with Gasteiger partial charge in [-0.3, -0.25) is 14.9 Å². The molecule has 0 aliphatic heterocycles. The number of nitro benzene ring substituents is 1. The lowest BCUT2D eigenvalue weighted by atomic mass is 10.1. The Morgan fingerprint density at radius 2 is 1.74 bits per heavy atom. The third-order valence-corrected chi connectivity index (χ3v) is 5.71. The van der Waals surface area contributed by atoms with Crippen molar-refractivity contribution in [1.82, 2.24) is 0 Å². The van der Waals surface area contributed by atoms with Gasteiger partial charge in [-0.15, -0.1) is 0 Å². The van der Waals surface area contributed by atoms with Gasteiger partial charge in [0.25, 0.3) is 11.6 Å². The molecule has 0 aliphatic carbocycles. The Bertz CT molecular complexity index is 1410. The molecular weight excluding hydrogens is 462 g/mol. The van der Waals surface area contributed by atoms with E-state index in [0.29, 0.717) is 11.3 Å². The van der Waals surface area contributed by atoms with Gasteiger partial charge >= 0.3 is 10.1 Å². The molecule has 3 aromatic carbocycles. The summed E-state index contributed by atoms with van der Waals surface area (Å²) in [5.74, 6) is -0.895. The number of nitrogens with one attached hydrogen (secondary N) is 1. The maximum atomic E-state index is 12.7. The van der Waals surface area contributed by atoms with Crippen molar-refractivity contribution in [2.75, 3.05) is 12.4 Å². The van der Waals surface area contributed by atoms with Gasteiger partial charge in [0.2, 0.25) is 0 Å². The molecule has 0 saturated heterocycles. The predicted molar refractivity (Wildman–Crippen MR) is 123 cm³/mol. The summed E-state index contributed by atoms with van der Waals surface area (Å²) in [7, 11) is -3.30. The van der Waals surface area contributed by atoms with Crippen molar-refractivity contribution in [3.05, 3.63) is 94.0 Å². The molecule has 0 radical (unpaired) electrons. The van der Waals surface area contributed by atoms with E-state index in [4.69, 9.17) is 8.92 Å². The van der Waals surface area contributed by atoms with Gasteiger partial charge in [0.1, 0.15) is 11.6 Å². The fourth-order valence-corrected chi connectivity index (χ4v) is 3.97. The zero-order valence-electron chi connectivity index (χ0n) is 17.7. The smallest absolute Gasteiger partial charge is 0.346 e.